The molecule has 2 heterocycles. The van der Waals surface area contributed by atoms with E-state index in [-0.39, 0.29) is 20.8 Å². The van der Waals surface area contributed by atoms with Gasteiger partial charge in [-0.3, -0.25) is 14.1 Å². The molecule has 1 aromatic rings. The Balaban J connectivity index is 0.000000592. The molecule has 4 N–H and O–H groups in total. The van der Waals surface area contributed by atoms with E-state index in [0.717, 1.165) is 11.3 Å². The van der Waals surface area contributed by atoms with E-state index < -0.39 is 34.2 Å². The average molecular weight is 475 g/mol. The first-order chi connectivity index (χ1) is 14.5. The fourth-order valence-electron chi connectivity index (χ4n) is 2.60. The van der Waals surface area contributed by atoms with E-state index in [1.165, 1.54) is 32.1 Å². The van der Waals surface area contributed by atoms with Gasteiger partial charge in [0.05, 0.1) is 0 Å². The molecular weight excluding hydrogens is 448 g/mol. The number of nitrogens with zero attached hydrogens (tertiary/aromatic N) is 4. The van der Waals surface area contributed by atoms with Gasteiger partial charge in [0.1, 0.15) is 24.9 Å². The predicted molar refractivity (Wildman–Crippen MR) is 116 cm³/mol. The molecule has 0 aliphatic carbocycles. The van der Waals surface area contributed by atoms with Crippen molar-refractivity contribution in [3.63, 3.8) is 0 Å². The topological polar surface area (TPSA) is 168 Å². The molecule has 1 saturated heterocycles. The fraction of sp³-hybridized carbons (Fsp3) is 0.529. The van der Waals surface area contributed by atoms with Gasteiger partial charge in [0.15, 0.2) is 10.8 Å². The molecule has 1 aliphatic rings. The number of oxime groups is 1. The van der Waals surface area contributed by atoms with Gasteiger partial charge >= 0.3 is 10.3 Å². The number of β-lactam (4-membered cyclic amide) rings is 1. The van der Waals surface area contributed by atoms with E-state index in [0.29, 0.717) is 0 Å². The first-order valence-electron chi connectivity index (χ1n) is 9.18. The van der Waals surface area contributed by atoms with Crippen LogP contribution in [0, 0.1) is 12.3 Å². The second kappa shape index (κ2) is 11.6. The Kier molecular flexibility index (Phi) is 9.85. The molecule has 1 aliphatic heterocycles. The third-order valence-corrected chi connectivity index (χ3v) is 5.84. The summed E-state index contributed by atoms with van der Waals surface area (Å²) in [4.78, 5) is 34.9. The maximum absolute atomic E-state index is 12.3. The first-order valence-corrected chi connectivity index (χ1v) is 11.5. The van der Waals surface area contributed by atoms with Crippen LogP contribution in [-0.4, -0.2) is 83.5 Å². The van der Waals surface area contributed by atoms with Crippen LogP contribution >= 0.6 is 11.3 Å². The van der Waals surface area contributed by atoms with Crippen molar-refractivity contribution in [3.8, 4) is 12.3 Å². The second-order valence-corrected chi connectivity index (χ2v) is 8.17. The highest BCUT2D eigenvalue weighted by molar-refractivity contribution is 7.84. The molecule has 0 bridgehead atoms. The first kappa shape index (κ1) is 26.3. The molecule has 12 nitrogen and oxygen atoms in total. The molecule has 2 amide bonds. The van der Waals surface area contributed by atoms with Crippen LogP contribution in [0.5, 0.6) is 0 Å². The highest BCUT2D eigenvalue weighted by Gasteiger charge is 2.53. The van der Waals surface area contributed by atoms with Gasteiger partial charge in [0.25, 0.3) is 11.8 Å². The van der Waals surface area contributed by atoms with Crippen molar-refractivity contribution in [2.45, 2.75) is 32.9 Å². The molecule has 2 rings (SSSR count). The Labute approximate surface area is 185 Å². The average Bonchev–Trinajstić information content (AvgIpc) is 3.14. The lowest BCUT2D eigenvalue weighted by Crippen LogP contribution is -2.71. The summed E-state index contributed by atoms with van der Waals surface area (Å²) in [7, 11) is -3.62. The van der Waals surface area contributed by atoms with Gasteiger partial charge in [-0.2, -0.15) is 12.7 Å². The summed E-state index contributed by atoms with van der Waals surface area (Å²) < 4.78 is 31.2. The minimum atomic E-state index is -4.82. The standard InChI is InChI=1S/C11H11N5O6S2.C6H15N/c1-3-6-8(10(18)16(6)24(19,20)21)14-9(17)7(15-22-2)5-4-23-11(12)13-5;1-4-7(5-2)6-3/h1,4,6,8H,2H3,(H2,12,13)(H,14,17)(H,19,20,21);4-6H2,1-3H3/t6-,8-;/m0./s1. The molecule has 0 radical (unpaired) electrons. The van der Waals surface area contributed by atoms with E-state index in [9.17, 15) is 18.0 Å². The highest BCUT2D eigenvalue weighted by Crippen LogP contribution is 2.23. The maximum atomic E-state index is 12.3. The van der Waals surface area contributed by atoms with E-state index in [1.54, 1.807) is 0 Å². The number of hydrogen-bond acceptors (Lipinski definition) is 10. The summed E-state index contributed by atoms with van der Waals surface area (Å²) in [6.07, 6.45) is 5.15. The van der Waals surface area contributed by atoms with Crippen LogP contribution in [0.1, 0.15) is 26.5 Å². The van der Waals surface area contributed by atoms with Crippen molar-refractivity contribution < 1.29 is 27.4 Å². The molecular formula is C17H26N6O6S2. The van der Waals surface area contributed by atoms with E-state index in [2.05, 4.69) is 46.0 Å². The molecule has 172 valence electrons. The number of anilines is 1. The van der Waals surface area contributed by atoms with Crippen LogP contribution in [0.2, 0.25) is 0 Å². The van der Waals surface area contributed by atoms with Crippen molar-refractivity contribution in [2.24, 2.45) is 5.16 Å². The van der Waals surface area contributed by atoms with Gasteiger partial charge in [-0.1, -0.05) is 31.8 Å². The minimum Gasteiger partial charge on any atom is -0.398 e. The summed E-state index contributed by atoms with van der Waals surface area (Å²) in [5.74, 6) is 0.0461. The van der Waals surface area contributed by atoms with Gasteiger partial charge in [-0.25, -0.2) is 4.98 Å². The van der Waals surface area contributed by atoms with Crippen LogP contribution in [0.25, 0.3) is 0 Å². The smallest absolute Gasteiger partial charge is 0.363 e. The summed E-state index contributed by atoms with van der Waals surface area (Å²) >= 11 is 1.05. The third-order valence-electron chi connectivity index (χ3n) is 4.26. The van der Waals surface area contributed by atoms with Crippen molar-refractivity contribution in [1.29, 1.82) is 0 Å². The number of rotatable bonds is 8. The largest absolute Gasteiger partial charge is 0.398 e. The summed E-state index contributed by atoms with van der Waals surface area (Å²) in [6, 6.07) is -2.71. The molecule has 0 aromatic carbocycles. The van der Waals surface area contributed by atoms with Crippen LogP contribution in [0.15, 0.2) is 10.5 Å². The second-order valence-electron chi connectivity index (χ2n) is 5.99. The Morgan fingerprint density at radius 1 is 1.45 bits per heavy atom. The van der Waals surface area contributed by atoms with Crippen LogP contribution in [0.3, 0.4) is 0 Å². The molecule has 2 atom stereocenters. The van der Waals surface area contributed by atoms with Crippen LogP contribution in [-0.2, 0) is 24.7 Å². The number of nitrogens with two attached hydrogens (primary N) is 1. The number of hydrogen-bond donors (Lipinski definition) is 3. The van der Waals surface area contributed by atoms with Crippen LogP contribution in [0.4, 0.5) is 5.13 Å². The summed E-state index contributed by atoms with van der Waals surface area (Å²) in [5.41, 5.74) is 5.31. The predicted octanol–water partition coefficient (Wildman–Crippen LogP) is -0.444. The zero-order valence-electron chi connectivity index (χ0n) is 17.6. The van der Waals surface area contributed by atoms with Gasteiger partial charge in [0.2, 0.25) is 0 Å². The van der Waals surface area contributed by atoms with Crippen molar-refractivity contribution in [2.75, 3.05) is 32.5 Å². The molecule has 0 spiro atoms. The number of thiazole rings is 1. The van der Waals surface area contributed by atoms with Gasteiger partial charge in [-0.05, 0) is 19.6 Å². The number of carbonyl (C=O) groups excluding carboxylic acids is 2. The Bertz CT molecular complexity index is 945. The summed E-state index contributed by atoms with van der Waals surface area (Å²) in [6.45, 7) is 10.1. The van der Waals surface area contributed by atoms with E-state index in [4.69, 9.17) is 16.7 Å². The quantitative estimate of drug-likeness (QED) is 0.149. The number of nitrogen functional groups attached to an aromatic ring is 1. The number of amides is 2. The number of terminal acetylenes is 1. The zero-order valence-corrected chi connectivity index (χ0v) is 19.2. The Hall–Kier alpha value is -2.73. The van der Waals surface area contributed by atoms with E-state index >= 15 is 0 Å². The molecule has 0 saturated carbocycles. The van der Waals surface area contributed by atoms with Gasteiger partial charge in [0, 0.05) is 5.38 Å². The zero-order chi connectivity index (χ0) is 23.8. The lowest BCUT2D eigenvalue weighted by atomic mass is 9.99. The number of nitrogens with one attached hydrogen (secondary N) is 1. The highest BCUT2D eigenvalue weighted by atomic mass is 32.2. The van der Waals surface area contributed by atoms with Crippen molar-refractivity contribution >= 4 is 44.3 Å². The lowest BCUT2D eigenvalue weighted by molar-refractivity contribution is -0.142. The van der Waals surface area contributed by atoms with Crippen molar-refractivity contribution in [1.82, 2.24) is 19.5 Å². The lowest BCUT2D eigenvalue weighted by Gasteiger charge is -2.41. The maximum Gasteiger partial charge on any atom is 0.363 e. The monoisotopic (exact) mass is 474 g/mol. The van der Waals surface area contributed by atoms with Crippen molar-refractivity contribution in [3.05, 3.63) is 11.1 Å². The van der Waals surface area contributed by atoms with Gasteiger partial charge in [-0.15, -0.1) is 17.8 Å². The molecule has 31 heavy (non-hydrogen) atoms. The van der Waals surface area contributed by atoms with E-state index in [1.807, 2.05) is 5.92 Å². The Morgan fingerprint density at radius 2 is 2.03 bits per heavy atom. The SMILES string of the molecule is C#C[C@H]1[C@H](NC(=O)C(=NOC)c2csc(N)n2)C(=O)N1S(=O)(=O)O.CCN(CC)CC. The number of aromatic nitrogens is 1. The molecule has 14 heteroatoms. The minimum absolute atomic E-state index is 0.0892. The number of carbonyl (C=O) groups is 2. The van der Waals surface area contributed by atoms with Gasteiger partial charge < -0.3 is 20.8 Å². The fourth-order valence-corrected chi connectivity index (χ4v) is 3.96. The molecule has 1 aromatic heterocycles. The molecule has 1 fully saturated rings. The van der Waals surface area contributed by atoms with Crippen LogP contribution < -0.4 is 11.1 Å². The Morgan fingerprint density at radius 3 is 2.39 bits per heavy atom. The normalized spacial score (nSPS) is 18.5. The third kappa shape index (κ3) is 6.62. The molecule has 0 unspecified atom stereocenters. The summed E-state index contributed by atoms with van der Waals surface area (Å²) in [5, 5.41) is 7.36.